The molecule has 2 aliphatic heterocycles. The molecular weight excluding hydrogens is 406 g/mol. The molecule has 0 saturated carbocycles. The molecule has 2 aromatic carbocycles. The van der Waals surface area contributed by atoms with Crippen LogP contribution in [0.5, 0.6) is 11.5 Å². The van der Waals surface area contributed by atoms with Crippen LogP contribution >= 0.6 is 11.6 Å². The van der Waals surface area contributed by atoms with Gasteiger partial charge in [-0.25, -0.2) is 8.42 Å². The number of ether oxygens (including phenoxy) is 2. The minimum atomic E-state index is -4.00. The number of carbonyl (C=O) groups excluding carboxylic acids is 2. The Balaban J connectivity index is 1.68. The number of rotatable bonds is 2. The third kappa shape index (κ3) is 3.57. The molecule has 0 bridgehead atoms. The highest BCUT2D eigenvalue weighted by molar-refractivity contribution is 7.93. The van der Waals surface area contributed by atoms with Crippen LogP contribution < -0.4 is 14.8 Å². The van der Waals surface area contributed by atoms with E-state index in [0.717, 1.165) is 0 Å². The Labute approximate surface area is 166 Å². The van der Waals surface area contributed by atoms with Crippen LogP contribution in [0.2, 0.25) is 5.02 Å². The molecule has 0 spiro atoms. The Morgan fingerprint density at radius 3 is 2.39 bits per heavy atom. The number of fused-ring (bicyclic) bond motifs is 2. The number of hydrogen-bond acceptors (Lipinski definition) is 6. The number of hydrogen-bond donors (Lipinski definition) is 1. The van der Waals surface area contributed by atoms with Crippen LogP contribution in [0.15, 0.2) is 36.4 Å². The molecule has 0 fully saturated rings. The predicted molar refractivity (Wildman–Crippen MR) is 103 cm³/mol. The Morgan fingerprint density at radius 1 is 1.07 bits per heavy atom. The van der Waals surface area contributed by atoms with Crippen LogP contribution in [-0.4, -0.2) is 44.3 Å². The summed E-state index contributed by atoms with van der Waals surface area (Å²) >= 11 is 5.83. The maximum atomic E-state index is 12.7. The fourth-order valence-electron chi connectivity index (χ4n) is 3.26. The van der Waals surface area contributed by atoms with Crippen molar-refractivity contribution in [1.29, 1.82) is 0 Å². The van der Waals surface area contributed by atoms with Gasteiger partial charge in [-0.15, -0.1) is 0 Å². The predicted octanol–water partition coefficient (Wildman–Crippen LogP) is 2.27. The molecule has 1 amide bonds. The molecular formula is C19H16ClNO6S. The lowest BCUT2D eigenvalue weighted by Crippen LogP contribution is -2.38. The lowest BCUT2D eigenvalue weighted by atomic mass is 9.98. The molecule has 2 aliphatic rings. The number of halogens is 1. The zero-order valence-corrected chi connectivity index (χ0v) is 16.2. The number of amides is 1. The number of anilines is 1. The van der Waals surface area contributed by atoms with Gasteiger partial charge in [-0.3, -0.25) is 9.59 Å². The third-order valence-corrected chi connectivity index (χ3v) is 6.81. The maximum Gasteiger partial charge on any atom is 0.243 e. The molecule has 9 heteroatoms. The first-order valence-corrected chi connectivity index (χ1v) is 10.7. The SMILES string of the molecule is O=C1CS(=O)(=O)C(C(=O)Nc2ccc(Cl)cc2)Cc2cc3c(cc21)OCCO3. The van der Waals surface area contributed by atoms with Gasteiger partial charge in [-0.05, 0) is 48.4 Å². The number of carbonyl (C=O) groups is 2. The summed E-state index contributed by atoms with van der Waals surface area (Å²) in [4.78, 5) is 25.3. The second-order valence-electron chi connectivity index (χ2n) is 6.57. The topological polar surface area (TPSA) is 98.8 Å². The Kier molecular flexibility index (Phi) is 4.76. The number of Topliss-reactive ketones (excluding diaryl/α,β-unsaturated/α-hetero) is 1. The zero-order chi connectivity index (χ0) is 19.9. The number of sulfone groups is 1. The summed E-state index contributed by atoms with van der Waals surface area (Å²) in [6, 6.07) is 9.41. The average molecular weight is 422 g/mol. The normalized spacial score (nSPS) is 20.0. The smallest absolute Gasteiger partial charge is 0.243 e. The highest BCUT2D eigenvalue weighted by atomic mass is 35.5. The quantitative estimate of drug-likeness (QED) is 0.798. The van der Waals surface area contributed by atoms with E-state index >= 15 is 0 Å². The molecule has 1 atom stereocenters. The first-order chi connectivity index (χ1) is 13.3. The largest absolute Gasteiger partial charge is 0.486 e. The molecule has 2 aromatic rings. The van der Waals surface area contributed by atoms with Gasteiger partial charge in [0.25, 0.3) is 0 Å². The average Bonchev–Trinajstić information content (AvgIpc) is 2.75. The van der Waals surface area contributed by atoms with Gasteiger partial charge < -0.3 is 14.8 Å². The maximum absolute atomic E-state index is 12.7. The van der Waals surface area contributed by atoms with Gasteiger partial charge in [0.1, 0.15) is 24.2 Å². The molecule has 2 heterocycles. The number of benzene rings is 2. The van der Waals surface area contributed by atoms with Gasteiger partial charge in [-0.1, -0.05) is 11.6 Å². The van der Waals surface area contributed by atoms with Crippen LogP contribution in [0, 0.1) is 0 Å². The van der Waals surface area contributed by atoms with Crippen molar-refractivity contribution in [2.24, 2.45) is 0 Å². The standard InChI is InChI=1S/C19H16ClNO6S/c20-12-1-3-13(4-2-12)21-19(23)18-8-11-7-16-17(27-6-5-26-16)9-14(11)15(22)10-28(18,24)25/h1-4,7,9,18H,5-6,8,10H2,(H,21,23). The molecule has 0 aliphatic carbocycles. The molecule has 0 radical (unpaired) electrons. The van der Waals surface area contributed by atoms with Crippen molar-refractivity contribution in [3.63, 3.8) is 0 Å². The summed E-state index contributed by atoms with van der Waals surface area (Å²) in [6.07, 6.45) is -0.126. The van der Waals surface area contributed by atoms with E-state index in [9.17, 15) is 18.0 Å². The van der Waals surface area contributed by atoms with Crippen molar-refractivity contribution in [3.8, 4) is 11.5 Å². The first kappa shape index (κ1) is 18.8. The first-order valence-electron chi connectivity index (χ1n) is 8.57. The van der Waals surface area contributed by atoms with E-state index in [1.807, 2.05) is 0 Å². The summed E-state index contributed by atoms with van der Waals surface area (Å²) in [6.45, 7) is 0.711. The van der Waals surface area contributed by atoms with Crippen molar-refractivity contribution in [1.82, 2.24) is 0 Å². The molecule has 1 unspecified atom stereocenters. The van der Waals surface area contributed by atoms with E-state index < -0.39 is 32.5 Å². The number of nitrogens with one attached hydrogen (secondary N) is 1. The van der Waals surface area contributed by atoms with E-state index in [0.29, 0.717) is 41.0 Å². The Hall–Kier alpha value is -2.58. The van der Waals surface area contributed by atoms with Crippen molar-refractivity contribution >= 4 is 38.8 Å². The summed E-state index contributed by atoms with van der Waals surface area (Å²) in [5.74, 6) is -1.15. The van der Waals surface area contributed by atoms with Gasteiger partial charge in [0, 0.05) is 16.3 Å². The second kappa shape index (κ2) is 7.10. The highest BCUT2D eigenvalue weighted by Crippen LogP contribution is 2.36. The van der Waals surface area contributed by atoms with E-state index in [-0.39, 0.29) is 12.0 Å². The summed E-state index contributed by atoms with van der Waals surface area (Å²) in [5, 5.41) is 1.69. The molecule has 146 valence electrons. The Bertz CT molecular complexity index is 1060. The van der Waals surface area contributed by atoms with Crippen molar-refractivity contribution < 1.29 is 27.5 Å². The van der Waals surface area contributed by atoms with Gasteiger partial charge >= 0.3 is 0 Å². The van der Waals surface area contributed by atoms with E-state index in [4.69, 9.17) is 21.1 Å². The van der Waals surface area contributed by atoms with Gasteiger partial charge in [0.15, 0.2) is 27.1 Å². The van der Waals surface area contributed by atoms with Gasteiger partial charge in [-0.2, -0.15) is 0 Å². The Morgan fingerprint density at radius 2 is 1.71 bits per heavy atom. The minimum absolute atomic E-state index is 0.126. The van der Waals surface area contributed by atoms with E-state index in [1.54, 1.807) is 30.3 Å². The molecule has 28 heavy (non-hydrogen) atoms. The van der Waals surface area contributed by atoms with Crippen LogP contribution in [0.4, 0.5) is 5.69 Å². The van der Waals surface area contributed by atoms with Crippen molar-refractivity contribution in [2.75, 3.05) is 24.3 Å². The highest BCUT2D eigenvalue weighted by Gasteiger charge is 2.39. The fourth-order valence-corrected chi connectivity index (χ4v) is 4.93. The van der Waals surface area contributed by atoms with Gasteiger partial charge in [0.2, 0.25) is 5.91 Å². The number of ketones is 1. The molecule has 1 N–H and O–H groups in total. The summed E-state index contributed by atoms with van der Waals surface area (Å²) < 4.78 is 36.4. The molecule has 0 aromatic heterocycles. The summed E-state index contributed by atoms with van der Waals surface area (Å²) in [7, 11) is -4.00. The monoisotopic (exact) mass is 421 g/mol. The lowest BCUT2D eigenvalue weighted by Gasteiger charge is -2.20. The second-order valence-corrected chi connectivity index (χ2v) is 9.19. The lowest BCUT2D eigenvalue weighted by molar-refractivity contribution is -0.115. The van der Waals surface area contributed by atoms with Crippen LogP contribution in [0.3, 0.4) is 0 Å². The fraction of sp³-hybridized carbons (Fsp3) is 0.263. The van der Waals surface area contributed by atoms with E-state index in [2.05, 4.69) is 5.32 Å². The molecule has 0 saturated heterocycles. The van der Waals surface area contributed by atoms with E-state index in [1.165, 1.54) is 6.07 Å². The van der Waals surface area contributed by atoms with Crippen molar-refractivity contribution in [2.45, 2.75) is 11.7 Å². The third-order valence-electron chi connectivity index (χ3n) is 4.64. The van der Waals surface area contributed by atoms with Crippen molar-refractivity contribution in [3.05, 3.63) is 52.5 Å². The van der Waals surface area contributed by atoms with Gasteiger partial charge in [0.05, 0.1) is 0 Å². The van der Waals surface area contributed by atoms with Crippen LogP contribution in [0.25, 0.3) is 0 Å². The zero-order valence-electron chi connectivity index (χ0n) is 14.6. The van der Waals surface area contributed by atoms with Crippen LogP contribution in [0.1, 0.15) is 15.9 Å². The molecule has 7 nitrogen and oxygen atoms in total. The summed E-state index contributed by atoms with van der Waals surface area (Å²) in [5.41, 5.74) is 1.11. The minimum Gasteiger partial charge on any atom is -0.486 e. The molecule has 4 rings (SSSR count). The van der Waals surface area contributed by atoms with Crippen LogP contribution in [-0.2, 0) is 21.1 Å².